The molecule has 0 aliphatic rings. The number of aliphatic hydroxyl groups excluding tert-OH is 1. The first-order valence-corrected chi connectivity index (χ1v) is 5.95. The highest BCUT2D eigenvalue weighted by atomic mass is 16.3. The van der Waals surface area contributed by atoms with E-state index in [1.54, 1.807) is 0 Å². The van der Waals surface area contributed by atoms with Crippen molar-refractivity contribution in [3.05, 3.63) is 34.9 Å². The first-order valence-electron chi connectivity index (χ1n) is 5.95. The summed E-state index contributed by atoms with van der Waals surface area (Å²) in [6, 6.07) is 6.61. The fourth-order valence-corrected chi connectivity index (χ4v) is 2.21. The summed E-state index contributed by atoms with van der Waals surface area (Å²) in [7, 11) is 0. The van der Waals surface area contributed by atoms with Gasteiger partial charge < -0.3 is 10.8 Å². The summed E-state index contributed by atoms with van der Waals surface area (Å²) in [6.45, 7) is 7.14. The molecule has 2 unspecified atom stereocenters. The number of rotatable bonds is 5. The third kappa shape index (κ3) is 3.62. The van der Waals surface area contributed by atoms with Crippen LogP contribution in [0.4, 0.5) is 0 Å². The normalized spacial score (nSPS) is 14.8. The highest BCUT2D eigenvalue weighted by molar-refractivity contribution is 5.28. The Morgan fingerprint density at radius 3 is 2.19 bits per heavy atom. The molecule has 0 aromatic heterocycles. The summed E-state index contributed by atoms with van der Waals surface area (Å²) in [5, 5.41) is 9.20. The average Bonchev–Trinajstić information content (AvgIpc) is 2.17. The summed E-state index contributed by atoms with van der Waals surface area (Å²) >= 11 is 0. The molecule has 2 atom stereocenters. The van der Waals surface area contributed by atoms with Crippen LogP contribution in [0.3, 0.4) is 0 Å². The molecule has 2 heteroatoms. The van der Waals surface area contributed by atoms with Crippen molar-refractivity contribution in [3.63, 3.8) is 0 Å². The Labute approximate surface area is 98.5 Å². The molecule has 0 saturated carbocycles. The molecular formula is C14H23NO. The van der Waals surface area contributed by atoms with E-state index in [1.807, 2.05) is 0 Å². The molecule has 0 aliphatic heterocycles. The SMILES string of the molecule is Cc1cc(C)cc(CC(C)C(CN)CO)c1. The Balaban J connectivity index is 2.72. The molecule has 0 bridgehead atoms. The monoisotopic (exact) mass is 221 g/mol. The molecule has 2 nitrogen and oxygen atoms in total. The second-order valence-electron chi connectivity index (χ2n) is 4.86. The second kappa shape index (κ2) is 6.02. The maximum Gasteiger partial charge on any atom is 0.0474 e. The van der Waals surface area contributed by atoms with Gasteiger partial charge in [-0.1, -0.05) is 36.2 Å². The highest BCUT2D eigenvalue weighted by Crippen LogP contribution is 2.18. The third-order valence-electron chi connectivity index (χ3n) is 3.18. The first-order chi connectivity index (χ1) is 7.56. The van der Waals surface area contributed by atoms with E-state index in [9.17, 15) is 5.11 Å². The standard InChI is InChI=1S/C14H23NO/c1-10-4-11(2)6-13(5-10)7-12(3)14(8-15)9-16/h4-6,12,14,16H,7-9,15H2,1-3H3. The topological polar surface area (TPSA) is 46.2 Å². The second-order valence-corrected chi connectivity index (χ2v) is 4.86. The van der Waals surface area contributed by atoms with E-state index in [2.05, 4.69) is 39.0 Å². The van der Waals surface area contributed by atoms with Crippen molar-refractivity contribution < 1.29 is 5.11 Å². The first kappa shape index (κ1) is 13.2. The Morgan fingerprint density at radius 1 is 1.19 bits per heavy atom. The Bertz CT molecular complexity index is 311. The van der Waals surface area contributed by atoms with E-state index in [-0.39, 0.29) is 12.5 Å². The van der Waals surface area contributed by atoms with Crippen LogP contribution in [0.2, 0.25) is 0 Å². The van der Waals surface area contributed by atoms with Crippen LogP contribution in [0.1, 0.15) is 23.6 Å². The van der Waals surface area contributed by atoms with E-state index >= 15 is 0 Å². The minimum absolute atomic E-state index is 0.183. The quantitative estimate of drug-likeness (QED) is 0.799. The third-order valence-corrected chi connectivity index (χ3v) is 3.18. The largest absolute Gasteiger partial charge is 0.396 e. The summed E-state index contributed by atoms with van der Waals surface area (Å²) in [6.07, 6.45) is 0.991. The number of benzene rings is 1. The lowest BCUT2D eigenvalue weighted by Crippen LogP contribution is -2.26. The fraction of sp³-hybridized carbons (Fsp3) is 0.571. The van der Waals surface area contributed by atoms with Crippen LogP contribution < -0.4 is 5.73 Å². The zero-order valence-corrected chi connectivity index (χ0v) is 10.5. The van der Waals surface area contributed by atoms with Crippen LogP contribution in [0.15, 0.2) is 18.2 Å². The Morgan fingerprint density at radius 2 is 1.75 bits per heavy atom. The van der Waals surface area contributed by atoms with E-state index in [0.717, 1.165) is 6.42 Å². The van der Waals surface area contributed by atoms with E-state index in [1.165, 1.54) is 16.7 Å². The van der Waals surface area contributed by atoms with Gasteiger partial charge in [0.15, 0.2) is 0 Å². The van der Waals surface area contributed by atoms with Gasteiger partial charge in [-0.3, -0.25) is 0 Å². The van der Waals surface area contributed by atoms with Crippen molar-refractivity contribution in [2.45, 2.75) is 27.2 Å². The van der Waals surface area contributed by atoms with Crippen LogP contribution in [0.5, 0.6) is 0 Å². The molecule has 0 heterocycles. The predicted octanol–water partition coefficient (Wildman–Crippen LogP) is 2.05. The number of hydrogen-bond donors (Lipinski definition) is 2. The molecule has 0 amide bonds. The van der Waals surface area contributed by atoms with Crippen LogP contribution >= 0.6 is 0 Å². The van der Waals surface area contributed by atoms with Crippen molar-refractivity contribution in [1.29, 1.82) is 0 Å². The van der Waals surface area contributed by atoms with E-state index < -0.39 is 0 Å². The van der Waals surface area contributed by atoms with Crippen molar-refractivity contribution in [3.8, 4) is 0 Å². The van der Waals surface area contributed by atoms with Gasteiger partial charge in [-0.15, -0.1) is 0 Å². The molecule has 0 radical (unpaired) electrons. The molecule has 1 aromatic rings. The lowest BCUT2D eigenvalue weighted by Gasteiger charge is -2.20. The maximum atomic E-state index is 9.20. The van der Waals surface area contributed by atoms with Crippen LogP contribution in [0, 0.1) is 25.7 Å². The molecule has 0 aliphatic carbocycles. The highest BCUT2D eigenvalue weighted by Gasteiger charge is 2.15. The minimum Gasteiger partial charge on any atom is -0.396 e. The number of aliphatic hydroxyl groups is 1. The Kier molecular flexibility index (Phi) is 4.97. The molecule has 90 valence electrons. The molecule has 0 fully saturated rings. The minimum atomic E-state index is 0.183. The van der Waals surface area contributed by atoms with Gasteiger partial charge in [-0.2, -0.15) is 0 Å². The van der Waals surface area contributed by atoms with Gasteiger partial charge in [0.25, 0.3) is 0 Å². The molecule has 1 aromatic carbocycles. The Hall–Kier alpha value is -0.860. The molecule has 1 rings (SSSR count). The molecule has 3 N–H and O–H groups in total. The number of nitrogens with two attached hydrogens (primary N) is 1. The molecule has 0 saturated heterocycles. The fourth-order valence-electron chi connectivity index (χ4n) is 2.21. The lowest BCUT2D eigenvalue weighted by atomic mass is 9.88. The average molecular weight is 221 g/mol. The zero-order valence-electron chi connectivity index (χ0n) is 10.5. The van der Waals surface area contributed by atoms with Crippen LogP contribution in [0.25, 0.3) is 0 Å². The number of hydrogen-bond acceptors (Lipinski definition) is 2. The van der Waals surface area contributed by atoms with E-state index in [0.29, 0.717) is 12.5 Å². The summed E-state index contributed by atoms with van der Waals surface area (Å²) in [4.78, 5) is 0. The van der Waals surface area contributed by atoms with Gasteiger partial charge in [0, 0.05) is 6.61 Å². The van der Waals surface area contributed by atoms with Crippen LogP contribution in [-0.4, -0.2) is 18.3 Å². The maximum absolute atomic E-state index is 9.20. The van der Waals surface area contributed by atoms with Gasteiger partial charge in [-0.05, 0) is 44.2 Å². The number of aryl methyl sites for hydroxylation is 2. The lowest BCUT2D eigenvalue weighted by molar-refractivity contribution is 0.187. The molecule has 0 spiro atoms. The van der Waals surface area contributed by atoms with Gasteiger partial charge in [0.05, 0.1) is 0 Å². The smallest absolute Gasteiger partial charge is 0.0474 e. The van der Waals surface area contributed by atoms with Crippen LogP contribution in [-0.2, 0) is 6.42 Å². The van der Waals surface area contributed by atoms with Crippen molar-refractivity contribution in [2.75, 3.05) is 13.2 Å². The van der Waals surface area contributed by atoms with Gasteiger partial charge in [0.2, 0.25) is 0 Å². The summed E-state index contributed by atoms with van der Waals surface area (Å²) in [5.74, 6) is 0.636. The molecule has 16 heavy (non-hydrogen) atoms. The van der Waals surface area contributed by atoms with Crippen molar-refractivity contribution >= 4 is 0 Å². The van der Waals surface area contributed by atoms with Gasteiger partial charge in [0.1, 0.15) is 0 Å². The van der Waals surface area contributed by atoms with Crippen molar-refractivity contribution in [1.82, 2.24) is 0 Å². The van der Waals surface area contributed by atoms with Crippen molar-refractivity contribution in [2.24, 2.45) is 17.6 Å². The zero-order chi connectivity index (χ0) is 12.1. The summed E-state index contributed by atoms with van der Waals surface area (Å²) in [5.41, 5.74) is 9.58. The molecular weight excluding hydrogens is 198 g/mol. The summed E-state index contributed by atoms with van der Waals surface area (Å²) < 4.78 is 0. The van der Waals surface area contributed by atoms with E-state index in [4.69, 9.17) is 5.73 Å². The predicted molar refractivity (Wildman–Crippen MR) is 68.4 cm³/mol. The van der Waals surface area contributed by atoms with Gasteiger partial charge >= 0.3 is 0 Å². The van der Waals surface area contributed by atoms with Gasteiger partial charge in [-0.25, -0.2) is 0 Å².